The molecule has 3 aromatic rings. The van der Waals surface area contributed by atoms with Crippen molar-refractivity contribution in [3.05, 3.63) is 71.4 Å². The molecule has 0 radical (unpaired) electrons. The number of aromatic amines is 1. The maximum Gasteiger partial charge on any atom is 0.248 e. The summed E-state index contributed by atoms with van der Waals surface area (Å²) >= 11 is 0. The Morgan fingerprint density at radius 2 is 1.85 bits per heavy atom. The second-order valence-corrected chi connectivity index (χ2v) is 7.45. The van der Waals surface area contributed by atoms with Crippen LogP contribution in [0.4, 0.5) is 5.69 Å². The van der Waals surface area contributed by atoms with E-state index in [4.69, 9.17) is 0 Å². The summed E-state index contributed by atoms with van der Waals surface area (Å²) in [5, 5.41) is 13.0. The molecule has 0 bridgehead atoms. The number of carbonyl (C=O) groups excluding carboxylic acids is 1. The summed E-state index contributed by atoms with van der Waals surface area (Å²) < 4.78 is 0. The highest BCUT2D eigenvalue weighted by molar-refractivity contribution is 6.03. The molecular formula is C22H24N2O2. The van der Waals surface area contributed by atoms with Gasteiger partial charge in [-0.25, -0.2) is 0 Å². The molecule has 1 heterocycles. The third-order valence-corrected chi connectivity index (χ3v) is 4.32. The van der Waals surface area contributed by atoms with E-state index < -0.39 is 0 Å². The first kappa shape index (κ1) is 18.0. The Balaban J connectivity index is 1.67. The molecule has 134 valence electrons. The van der Waals surface area contributed by atoms with Crippen molar-refractivity contribution in [2.75, 3.05) is 5.32 Å². The predicted octanol–water partition coefficient (Wildman–Crippen LogP) is 4.61. The van der Waals surface area contributed by atoms with Crippen molar-refractivity contribution in [1.82, 2.24) is 4.98 Å². The van der Waals surface area contributed by atoms with Gasteiger partial charge in [0.05, 0.1) is 6.61 Å². The molecular weight excluding hydrogens is 324 g/mol. The molecule has 0 atom stereocenters. The van der Waals surface area contributed by atoms with Crippen LogP contribution in [-0.4, -0.2) is 16.0 Å². The molecule has 0 spiro atoms. The van der Waals surface area contributed by atoms with Gasteiger partial charge in [0.1, 0.15) is 0 Å². The minimum Gasteiger partial charge on any atom is -0.390 e. The topological polar surface area (TPSA) is 65.1 Å². The van der Waals surface area contributed by atoms with Crippen molar-refractivity contribution in [2.24, 2.45) is 0 Å². The number of H-pyrrole nitrogens is 1. The van der Waals surface area contributed by atoms with Crippen LogP contribution < -0.4 is 5.32 Å². The second kappa shape index (κ2) is 7.18. The summed E-state index contributed by atoms with van der Waals surface area (Å²) in [4.78, 5) is 15.3. The summed E-state index contributed by atoms with van der Waals surface area (Å²) in [5.74, 6) is -0.179. The minimum absolute atomic E-state index is 0.0346. The molecule has 0 fully saturated rings. The fraction of sp³-hybridized carbons (Fsp3) is 0.227. The number of anilines is 1. The number of hydrogen-bond acceptors (Lipinski definition) is 2. The number of fused-ring (bicyclic) bond motifs is 1. The van der Waals surface area contributed by atoms with E-state index in [9.17, 15) is 9.90 Å². The molecule has 4 heteroatoms. The van der Waals surface area contributed by atoms with Gasteiger partial charge in [-0.2, -0.15) is 0 Å². The van der Waals surface area contributed by atoms with Gasteiger partial charge in [-0.15, -0.1) is 0 Å². The lowest BCUT2D eigenvalue weighted by atomic mass is 9.87. The second-order valence-electron chi connectivity index (χ2n) is 7.45. The van der Waals surface area contributed by atoms with Crippen LogP contribution in [0.5, 0.6) is 0 Å². The van der Waals surface area contributed by atoms with Crippen LogP contribution in [0.1, 0.15) is 37.6 Å². The van der Waals surface area contributed by atoms with Crippen molar-refractivity contribution in [1.29, 1.82) is 0 Å². The Kier molecular flexibility index (Phi) is 4.96. The number of carbonyl (C=O) groups is 1. The zero-order valence-corrected chi connectivity index (χ0v) is 15.3. The first-order valence-corrected chi connectivity index (χ1v) is 8.67. The number of aliphatic hydroxyl groups excluding tert-OH is 1. The molecule has 26 heavy (non-hydrogen) atoms. The molecule has 0 aliphatic heterocycles. The molecule has 0 aliphatic rings. The van der Waals surface area contributed by atoms with E-state index in [1.807, 2.05) is 36.4 Å². The summed E-state index contributed by atoms with van der Waals surface area (Å²) in [5.41, 5.74) is 4.78. The van der Waals surface area contributed by atoms with E-state index in [1.165, 1.54) is 11.6 Å². The Labute approximate surface area is 153 Å². The van der Waals surface area contributed by atoms with E-state index in [1.54, 1.807) is 6.08 Å². The molecule has 0 aliphatic carbocycles. The highest BCUT2D eigenvalue weighted by Gasteiger charge is 2.12. The average molecular weight is 348 g/mol. The summed E-state index contributed by atoms with van der Waals surface area (Å²) in [6, 6.07) is 15.7. The number of benzene rings is 2. The fourth-order valence-corrected chi connectivity index (χ4v) is 2.81. The molecule has 2 aromatic carbocycles. The molecule has 0 unspecified atom stereocenters. The zero-order valence-electron chi connectivity index (χ0n) is 15.3. The molecule has 3 N–H and O–H groups in total. The maximum absolute atomic E-state index is 12.2. The Morgan fingerprint density at radius 1 is 1.12 bits per heavy atom. The third-order valence-electron chi connectivity index (χ3n) is 4.32. The largest absolute Gasteiger partial charge is 0.390 e. The van der Waals surface area contributed by atoms with Crippen LogP contribution >= 0.6 is 0 Å². The lowest BCUT2D eigenvalue weighted by Gasteiger charge is -2.18. The normalized spacial score (nSPS) is 12.0. The van der Waals surface area contributed by atoms with Crippen LogP contribution in [0.25, 0.3) is 17.0 Å². The van der Waals surface area contributed by atoms with E-state index >= 15 is 0 Å². The maximum atomic E-state index is 12.2. The van der Waals surface area contributed by atoms with Crippen molar-refractivity contribution >= 4 is 28.6 Å². The highest BCUT2D eigenvalue weighted by atomic mass is 16.3. The van der Waals surface area contributed by atoms with Gasteiger partial charge in [0.25, 0.3) is 0 Å². The Morgan fingerprint density at radius 3 is 2.50 bits per heavy atom. The fourth-order valence-electron chi connectivity index (χ4n) is 2.81. The number of aromatic nitrogens is 1. The van der Waals surface area contributed by atoms with Crippen LogP contribution in [0.3, 0.4) is 0 Å². The number of nitrogens with one attached hydrogen (secondary N) is 2. The lowest BCUT2D eigenvalue weighted by Crippen LogP contribution is -2.10. The standard InChI is InChI=1S/C22H24N2O2/c1-22(2,3)17-7-4-15(5-8-17)6-11-21(26)24-18-9-10-20-16(12-18)13-19(14-25)23-20/h4-13,23,25H,14H2,1-3H3,(H,24,26)/b11-6+. The van der Waals surface area contributed by atoms with Gasteiger partial charge in [0, 0.05) is 28.4 Å². The van der Waals surface area contributed by atoms with Gasteiger partial charge in [-0.1, -0.05) is 45.0 Å². The van der Waals surface area contributed by atoms with E-state index in [2.05, 4.69) is 43.2 Å². The lowest BCUT2D eigenvalue weighted by molar-refractivity contribution is -0.111. The van der Waals surface area contributed by atoms with Crippen LogP contribution in [-0.2, 0) is 16.8 Å². The van der Waals surface area contributed by atoms with Gasteiger partial charge in [0.15, 0.2) is 0 Å². The third kappa shape index (κ3) is 4.21. The first-order chi connectivity index (χ1) is 12.3. The highest BCUT2D eigenvalue weighted by Crippen LogP contribution is 2.23. The van der Waals surface area contributed by atoms with E-state index in [0.717, 1.165) is 27.8 Å². The molecule has 4 nitrogen and oxygen atoms in total. The minimum atomic E-state index is -0.179. The molecule has 1 aromatic heterocycles. The molecule has 0 saturated heterocycles. The number of hydrogen-bond donors (Lipinski definition) is 3. The van der Waals surface area contributed by atoms with E-state index in [-0.39, 0.29) is 17.9 Å². The zero-order chi connectivity index (χ0) is 18.7. The number of aliphatic hydroxyl groups is 1. The predicted molar refractivity (Wildman–Crippen MR) is 107 cm³/mol. The van der Waals surface area contributed by atoms with Crippen LogP contribution in [0.2, 0.25) is 0 Å². The number of rotatable bonds is 4. The molecule has 1 amide bonds. The number of amides is 1. The van der Waals surface area contributed by atoms with Gasteiger partial charge in [0.2, 0.25) is 5.91 Å². The molecule has 3 rings (SSSR count). The van der Waals surface area contributed by atoms with Gasteiger partial charge >= 0.3 is 0 Å². The summed E-state index contributed by atoms with van der Waals surface area (Å²) in [7, 11) is 0. The Bertz CT molecular complexity index is 944. The first-order valence-electron chi connectivity index (χ1n) is 8.67. The van der Waals surface area contributed by atoms with Crippen molar-refractivity contribution in [3.63, 3.8) is 0 Å². The Hall–Kier alpha value is -2.85. The summed E-state index contributed by atoms with van der Waals surface area (Å²) in [6.45, 7) is 6.50. The van der Waals surface area contributed by atoms with Crippen LogP contribution in [0.15, 0.2) is 54.6 Å². The van der Waals surface area contributed by atoms with Gasteiger partial charge in [-0.05, 0) is 46.9 Å². The SMILES string of the molecule is CC(C)(C)c1ccc(/C=C/C(=O)Nc2ccc3[nH]c(CO)cc3c2)cc1. The quantitative estimate of drug-likeness (QED) is 0.603. The van der Waals surface area contributed by atoms with Gasteiger partial charge in [-0.3, -0.25) is 4.79 Å². The van der Waals surface area contributed by atoms with Crippen molar-refractivity contribution in [3.8, 4) is 0 Å². The van der Waals surface area contributed by atoms with Crippen molar-refractivity contribution < 1.29 is 9.90 Å². The monoisotopic (exact) mass is 348 g/mol. The average Bonchev–Trinajstić information content (AvgIpc) is 3.02. The smallest absolute Gasteiger partial charge is 0.248 e. The van der Waals surface area contributed by atoms with Crippen LogP contribution in [0, 0.1) is 0 Å². The van der Waals surface area contributed by atoms with Crippen molar-refractivity contribution in [2.45, 2.75) is 32.8 Å². The van der Waals surface area contributed by atoms with Gasteiger partial charge < -0.3 is 15.4 Å². The summed E-state index contributed by atoms with van der Waals surface area (Å²) in [6.07, 6.45) is 3.34. The molecule has 0 saturated carbocycles. The van der Waals surface area contributed by atoms with E-state index in [0.29, 0.717) is 0 Å².